The summed E-state index contributed by atoms with van der Waals surface area (Å²) in [6.07, 6.45) is 3.64. The number of halogens is 1. The first-order valence-electron chi connectivity index (χ1n) is 9.12. The number of hydrogen-bond acceptors (Lipinski definition) is 4. The zero-order valence-corrected chi connectivity index (χ0v) is 17.5. The van der Waals surface area contributed by atoms with E-state index in [1.165, 1.54) is 11.8 Å². The van der Waals surface area contributed by atoms with Crippen LogP contribution in [0.3, 0.4) is 0 Å². The van der Waals surface area contributed by atoms with Crippen molar-refractivity contribution in [3.63, 3.8) is 0 Å². The number of nitriles is 1. The Bertz CT molecular complexity index is 848. The fourth-order valence-electron chi connectivity index (χ4n) is 2.55. The fourth-order valence-corrected chi connectivity index (χ4v) is 3.73. The zero-order valence-electron chi connectivity index (χ0n) is 15.9. The fraction of sp³-hybridized carbons (Fsp3) is 0.381. The number of unbranched alkanes of at least 4 members (excludes halogenated alkanes) is 1. The molecule has 1 atom stereocenters. The molecule has 2 rings (SSSR count). The molecule has 0 spiro atoms. The van der Waals surface area contributed by atoms with Crippen molar-refractivity contribution in [2.45, 2.75) is 56.7 Å². The molecule has 0 saturated carbocycles. The average Bonchev–Trinajstić information content (AvgIpc) is 2.67. The highest BCUT2D eigenvalue weighted by Gasteiger charge is 2.21. The Labute approximate surface area is 170 Å². The molecule has 0 radical (unpaired) electrons. The Kier molecular flexibility index (Phi) is 8.15. The summed E-state index contributed by atoms with van der Waals surface area (Å²) in [6, 6.07) is 11.3. The number of pyridine rings is 1. The maximum Gasteiger partial charge on any atom is 0.237 e. The number of benzene rings is 1. The lowest BCUT2D eigenvalue weighted by molar-refractivity contribution is -0.115. The number of hydrogen-bond donors (Lipinski definition) is 1. The summed E-state index contributed by atoms with van der Waals surface area (Å²) in [4.78, 5) is 17.4. The minimum Gasteiger partial charge on any atom is -0.325 e. The summed E-state index contributed by atoms with van der Waals surface area (Å²) in [6.45, 7) is 6.01. The molecular weight excluding hydrogens is 378 g/mol. The summed E-state index contributed by atoms with van der Waals surface area (Å²) in [5.41, 5.74) is 3.12. The second-order valence-corrected chi connectivity index (χ2v) is 7.96. The van der Waals surface area contributed by atoms with E-state index in [9.17, 15) is 10.1 Å². The van der Waals surface area contributed by atoms with Crippen molar-refractivity contribution < 1.29 is 4.79 Å². The quantitative estimate of drug-likeness (QED) is 0.570. The zero-order chi connectivity index (χ0) is 19.8. The number of aryl methyl sites for hydroxylation is 2. The SMILES string of the molecule is CCCCc1ccc(C#N)c(SC(CC)C(=O)Nc2cc(Cl)ccc2C)n1. The molecule has 0 aliphatic carbocycles. The number of thioether (sulfide) groups is 1. The molecular formula is C21H24ClN3OS. The largest absolute Gasteiger partial charge is 0.325 e. The maximum atomic E-state index is 12.8. The number of nitrogens with one attached hydrogen (secondary N) is 1. The van der Waals surface area contributed by atoms with Gasteiger partial charge in [0.2, 0.25) is 5.91 Å². The number of nitrogens with zero attached hydrogens (tertiary/aromatic N) is 2. The molecule has 142 valence electrons. The van der Waals surface area contributed by atoms with Crippen molar-refractivity contribution in [2.75, 3.05) is 5.32 Å². The van der Waals surface area contributed by atoms with E-state index in [1.807, 2.05) is 26.0 Å². The van der Waals surface area contributed by atoms with E-state index < -0.39 is 0 Å². The van der Waals surface area contributed by atoms with E-state index in [0.29, 0.717) is 27.7 Å². The first kappa shape index (κ1) is 21.3. The van der Waals surface area contributed by atoms with Gasteiger partial charge in [-0.05, 0) is 56.0 Å². The van der Waals surface area contributed by atoms with Gasteiger partial charge >= 0.3 is 0 Å². The van der Waals surface area contributed by atoms with Gasteiger partial charge in [0.25, 0.3) is 0 Å². The van der Waals surface area contributed by atoms with E-state index in [2.05, 4.69) is 23.3 Å². The minimum atomic E-state index is -0.343. The number of anilines is 1. The molecule has 0 saturated heterocycles. The number of rotatable bonds is 8. The molecule has 1 amide bonds. The second-order valence-electron chi connectivity index (χ2n) is 6.33. The van der Waals surface area contributed by atoms with Gasteiger partial charge in [-0.3, -0.25) is 4.79 Å². The monoisotopic (exact) mass is 401 g/mol. The van der Waals surface area contributed by atoms with Crippen LogP contribution in [0.4, 0.5) is 5.69 Å². The summed E-state index contributed by atoms with van der Waals surface area (Å²) < 4.78 is 0. The lowest BCUT2D eigenvalue weighted by Gasteiger charge is -2.16. The highest BCUT2D eigenvalue weighted by atomic mass is 35.5. The topological polar surface area (TPSA) is 65.8 Å². The molecule has 0 fully saturated rings. The Balaban J connectivity index is 2.19. The number of carbonyl (C=O) groups is 1. The van der Waals surface area contributed by atoms with Crippen LogP contribution < -0.4 is 5.32 Å². The normalized spacial score (nSPS) is 11.7. The Morgan fingerprint density at radius 2 is 2.11 bits per heavy atom. The van der Waals surface area contributed by atoms with Crippen LogP contribution in [0.2, 0.25) is 5.02 Å². The van der Waals surface area contributed by atoms with Gasteiger partial charge in [-0.2, -0.15) is 5.26 Å². The molecule has 1 aromatic heterocycles. The van der Waals surface area contributed by atoms with Crippen LogP contribution >= 0.6 is 23.4 Å². The van der Waals surface area contributed by atoms with Crippen LogP contribution in [-0.2, 0) is 11.2 Å². The van der Waals surface area contributed by atoms with E-state index in [1.54, 1.807) is 18.2 Å². The number of amides is 1. The third-order valence-corrected chi connectivity index (χ3v) is 5.80. The Morgan fingerprint density at radius 1 is 1.33 bits per heavy atom. The van der Waals surface area contributed by atoms with Crippen LogP contribution in [0, 0.1) is 18.3 Å². The van der Waals surface area contributed by atoms with Crippen LogP contribution in [0.1, 0.15) is 49.9 Å². The summed E-state index contributed by atoms with van der Waals surface area (Å²) >= 11 is 7.39. The van der Waals surface area contributed by atoms with Crippen molar-refractivity contribution in [3.8, 4) is 6.07 Å². The molecule has 2 aromatic rings. The minimum absolute atomic E-state index is 0.113. The lowest BCUT2D eigenvalue weighted by atomic mass is 10.2. The smallest absolute Gasteiger partial charge is 0.237 e. The maximum absolute atomic E-state index is 12.8. The van der Waals surface area contributed by atoms with Gasteiger partial charge in [0, 0.05) is 16.4 Å². The highest BCUT2D eigenvalue weighted by molar-refractivity contribution is 8.00. The van der Waals surface area contributed by atoms with Crippen molar-refractivity contribution in [3.05, 3.63) is 52.2 Å². The predicted molar refractivity (Wildman–Crippen MR) is 112 cm³/mol. The molecule has 4 nitrogen and oxygen atoms in total. The molecule has 0 aliphatic heterocycles. The molecule has 27 heavy (non-hydrogen) atoms. The third kappa shape index (κ3) is 5.98. The predicted octanol–water partition coefficient (Wildman–Crippen LogP) is 5.77. The van der Waals surface area contributed by atoms with E-state index in [4.69, 9.17) is 11.6 Å². The van der Waals surface area contributed by atoms with Crippen molar-refractivity contribution in [1.29, 1.82) is 5.26 Å². The van der Waals surface area contributed by atoms with Gasteiger partial charge in [0.05, 0.1) is 10.8 Å². The van der Waals surface area contributed by atoms with Crippen molar-refractivity contribution in [1.82, 2.24) is 4.98 Å². The van der Waals surface area contributed by atoms with Crippen LogP contribution in [0.15, 0.2) is 35.4 Å². The molecule has 1 aromatic carbocycles. The summed E-state index contributed by atoms with van der Waals surface area (Å²) in [5, 5.41) is 13.2. The van der Waals surface area contributed by atoms with E-state index >= 15 is 0 Å². The van der Waals surface area contributed by atoms with Gasteiger partial charge in [-0.25, -0.2) is 4.98 Å². The average molecular weight is 402 g/mol. The lowest BCUT2D eigenvalue weighted by Crippen LogP contribution is -2.25. The van der Waals surface area contributed by atoms with E-state index in [0.717, 1.165) is 30.5 Å². The number of aromatic nitrogens is 1. The highest BCUT2D eigenvalue weighted by Crippen LogP contribution is 2.29. The standard InChI is InChI=1S/C21H24ClN3OS/c1-4-6-7-17-11-9-15(13-23)21(24-17)27-19(5-2)20(26)25-18-12-16(22)10-8-14(18)3/h8-12,19H,4-7H2,1-3H3,(H,25,26). The summed E-state index contributed by atoms with van der Waals surface area (Å²) in [5.74, 6) is -0.113. The summed E-state index contributed by atoms with van der Waals surface area (Å²) in [7, 11) is 0. The van der Waals surface area contributed by atoms with Crippen LogP contribution in [0.25, 0.3) is 0 Å². The third-order valence-electron chi connectivity index (χ3n) is 4.20. The second kappa shape index (κ2) is 10.3. The Morgan fingerprint density at radius 3 is 2.78 bits per heavy atom. The molecule has 0 aliphatic rings. The Hall–Kier alpha value is -2.03. The first-order chi connectivity index (χ1) is 13.0. The van der Waals surface area contributed by atoms with Crippen molar-refractivity contribution >= 4 is 35.0 Å². The molecule has 1 N–H and O–H groups in total. The molecule has 6 heteroatoms. The van der Waals surface area contributed by atoms with Crippen molar-refractivity contribution in [2.24, 2.45) is 0 Å². The van der Waals surface area contributed by atoms with Gasteiger partial charge in [0.15, 0.2) is 0 Å². The number of carbonyl (C=O) groups excluding carboxylic acids is 1. The van der Waals surface area contributed by atoms with Gasteiger partial charge in [0.1, 0.15) is 11.1 Å². The first-order valence-corrected chi connectivity index (χ1v) is 10.4. The van der Waals surface area contributed by atoms with Crippen LogP contribution in [-0.4, -0.2) is 16.1 Å². The van der Waals surface area contributed by atoms with Gasteiger partial charge in [-0.15, -0.1) is 0 Å². The van der Waals surface area contributed by atoms with Gasteiger partial charge < -0.3 is 5.32 Å². The van der Waals surface area contributed by atoms with E-state index in [-0.39, 0.29) is 11.2 Å². The molecule has 1 heterocycles. The van der Waals surface area contributed by atoms with Gasteiger partial charge in [-0.1, -0.05) is 49.7 Å². The molecule has 1 unspecified atom stereocenters. The molecule has 0 bridgehead atoms. The van der Waals surface area contributed by atoms with Crippen LogP contribution in [0.5, 0.6) is 0 Å².